The molecule has 136 valence electrons. The summed E-state index contributed by atoms with van der Waals surface area (Å²) >= 11 is 0. The van der Waals surface area contributed by atoms with E-state index in [1.165, 1.54) is 0 Å². The maximum Gasteiger partial charge on any atom is 0.164 e. The molecule has 3 heterocycles. The third-order valence-corrected chi connectivity index (χ3v) is 5.71. The summed E-state index contributed by atoms with van der Waals surface area (Å²) in [7, 11) is -1.76. The molecule has 0 saturated carbocycles. The molecule has 1 saturated heterocycles. The zero-order chi connectivity index (χ0) is 17.9. The lowest BCUT2D eigenvalue weighted by atomic mass is 9.94. The van der Waals surface area contributed by atoms with E-state index in [1.807, 2.05) is 10.8 Å². The van der Waals surface area contributed by atoms with Gasteiger partial charge in [-0.3, -0.25) is 0 Å². The first kappa shape index (κ1) is 17.3. The Morgan fingerprint density at radius 1 is 1.15 bits per heavy atom. The largest absolute Gasteiger partial charge is 0.356 e. The van der Waals surface area contributed by atoms with Crippen LogP contribution < -0.4 is 4.90 Å². The van der Waals surface area contributed by atoms with Crippen LogP contribution in [-0.2, 0) is 0 Å². The first-order chi connectivity index (χ1) is 12.7. The van der Waals surface area contributed by atoms with Crippen molar-refractivity contribution in [3.8, 4) is 5.69 Å². The zero-order valence-electron chi connectivity index (χ0n) is 14.4. The standard InChI is InChI=1S/C18H22N5O2P/c24-26(25)10-5-14-3-7-22(8-4-14)18-16-2-1-15(23-9-6-19-13-23)11-17(16)20-12-21-18/h1-2,6,9,11-14,24-25H,3-5,7-8,10H2. The number of imidazole rings is 1. The van der Waals surface area contributed by atoms with Crippen LogP contribution in [0.1, 0.15) is 19.3 Å². The number of rotatable bonds is 5. The van der Waals surface area contributed by atoms with E-state index in [4.69, 9.17) is 9.79 Å². The highest BCUT2D eigenvalue weighted by Crippen LogP contribution is 2.32. The molecular weight excluding hydrogens is 349 g/mol. The van der Waals surface area contributed by atoms with Crippen molar-refractivity contribution >= 4 is 25.1 Å². The number of hydrogen-bond donors (Lipinski definition) is 2. The van der Waals surface area contributed by atoms with Crippen LogP contribution in [0.3, 0.4) is 0 Å². The lowest BCUT2D eigenvalue weighted by molar-refractivity contribution is 0.386. The molecule has 0 unspecified atom stereocenters. The second kappa shape index (κ2) is 7.66. The summed E-state index contributed by atoms with van der Waals surface area (Å²) in [6.45, 7) is 1.88. The molecular formula is C18H22N5O2P. The topological polar surface area (TPSA) is 87.3 Å². The van der Waals surface area contributed by atoms with Crippen molar-refractivity contribution in [1.82, 2.24) is 19.5 Å². The predicted octanol–water partition coefficient (Wildman–Crippen LogP) is 2.72. The Morgan fingerprint density at radius 2 is 2.00 bits per heavy atom. The maximum atomic E-state index is 9.11. The number of nitrogens with zero attached hydrogens (tertiary/aromatic N) is 5. The summed E-state index contributed by atoms with van der Waals surface area (Å²) in [5.74, 6) is 1.55. The van der Waals surface area contributed by atoms with Gasteiger partial charge in [-0.2, -0.15) is 0 Å². The normalized spacial score (nSPS) is 15.9. The number of fused-ring (bicyclic) bond motifs is 1. The molecule has 8 heteroatoms. The summed E-state index contributed by atoms with van der Waals surface area (Å²) < 4.78 is 1.96. The van der Waals surface area contributed by atoms with E-state index < -0.39 is 8.38 Å². The van der Waals surface area contributed by atoms with E-state index in [0.717, 1.165) is 54.8 Å². The Morgan fingerprint density at radius 3 is 2.73 bits per heavy atom. The van der Waals surface area contributed by atoms with Gasteiger partial charge in [0.1, 0.15) is 12.1 Å². The fourth-order valence-electron chi connectivity index (χ4n) is 3.59. The van der Waals surface area contributed by atoms with Gasteiger partial charge in [0, 0.05) is 42.7 Å². The lowest BCUT2D eigenvalue weighted by Crippen LogP contribution is -2.34. The average Bonchev–Trinajstić information content (AvgIpc) is 3.21. The van der Waals surface area contributed by atoms with E-state index in [9.17, 15) is 0 Å². The minimum Gasteiger partial charge on any atom is -0.356 e. The van der Waals surface area contributed by atoms with Crippen LogP contribution in [0.2, 0.25) is 0 Å². The summed E-state index contributed by atoms with van der Waals surface area (Å²) in [6.07, 6.45) is 10.6. The Bertz CT molecular complexity index is 863. The Hall–Kier alpha value is -2.08. The molecule has 2 aromatic heterocycles. The molecule has 0 atom stereocenters. The van der Waals surface area contributed by atoms with Crippen LogP contribution in [0.25, 0.3) is 16.6 Å². The molecule has 26 heavy (non-hydrogen) atoms. The molecule has 2 N–H and O–H groups in total. The van der Waals surface area contributed by atoms with Gasteiger partial charge in [-0.25, -0.2) is 15.0 Å². The van der Waals surface area contributed by atoms with Gasteiger partial charge >= 0.3 is 0 Å². The lowest BCUT2D eigenvalue weighted by Gasteiger charge is -2.33. The molecule has 0 radical (unpaired) electrons. The monoisotopic (exact) mass is 371 g/mol. The smallest absolute Gasteiger partial charge is 0.164 e. The average molecular weight is 371 g/mol. The van der Waals surface area contributed by atoms with Gasteiger partial charge in [0.25, 0.3) is 0 Å². The number of benzene rings is 1. The number of aromatic nitrogens is 4. The molecule has 1 aliphatic rings. The number of piperidine rings is 1. The van der Waals surface area contributed by atoms with Gasteiger partial charge in [0.05, 0.1) is 11.8 Å². The van der Waals surface area contributed by atoms with E-state index in [-0.39, 0.29) is 0 Å². The molecule has 7 nitrogen and oxygen atoms in total. The van der Waals surface area contributed by atoms with Crippen LogP contribution in [0, 0.1) is 5.92 Å². The highest BCUT2D eigenvalue weighted by atomic mass is 31.2. The molecule has 1 aliphatic heterocycles. The van der Waals surface area contributed by atoms with Crippen molar-refractivity contribution in [2.75, 3.05) is 24.2 Å². The van der Waals surface area contributed by atoms with Crippen molar-refractivity contribution in [3.63, 3.8) is 0 Å². The van der Waals surface area contributed by atoms with Gasteiger partial charge in [0.2, 0.25) is 0 Å². The summed E-state index contributed by atoms with van der Waals surface area (Å²) in [6, 6.07) is 6.20. The van der Waals surface area contributed by atoms with E-state index in [0.29, 0.717) is 12.1 Å². The molecule has 0 spiro atoms. The van der Waals surface area contributed by atoms with Crippen molar-refractivity contribution in [3.05, 3.63) is 43.2 Å². The second-order valence-electron chi connectivity index (χ2n) is 6.68. The molecule has 3 aromatic rings. The Balaban J connectivity index is 1.52. The molecule has 4 rings (SSSR count). The van der Waals surface area contributed by atoms with Gasteiger partial charge in [-0.15, -0.1) is 0 Å². The maximum absolute atomic E-state index is 9.11. The first-order valence-electron chi connectivity index (χ1n) is 8.84. The molecule has 1 fully saturated rings. The van der Waals surface area contributed by atoms with Crippen LogP contribution in [0.4, 0.5) is 5.82 Å². The zero-order valence-corrected chi connectivity index (χ0v) is 15.3. The number of anilines is 1. The van der Waals surface area contributed by atoms with Crippen molar-refractivity contribution in [2.24, 2.45) is 5.92 Å². The third-order valence-electron chi connectivity index (χ3n) is 5.05. The van der Waals surface area contributed by atoms with Gasteiger partial charge in [0.15, 0.2) is 8.38 Å². The summed E-state index contributed by atoms with van der Waals surface area (Å²) in [4.78, 5) is 33.6. The van der Waals surface area contributed by atoms with Gasteiger partial charge < -0.3 is 19.3 Å². The van der Waals surface area contributed by atoms with E-state index >= 15 is 0 Å². The highest BCUT2D eigenvalue weighted by molar-refractivity contribution is 7.45. The van der Waals surface area contributed by atoms with Crippen molar-refractivity contribution in [1.29, 1.82) is 0 Å². The minimum absolute atomic E-state index is 0.521. The van der Waals surface area contributed by atoms with Gasteiger partial charge in [-0.1, -0.05) is 0 Å². The van der Waals surface area contributed by atoms with Crippen LogP contribution in [0.15, 0.2) is 43.2 Å². The predicted molar refractivity (Wildman–Crippen MR) is 102 cm³/mol. The molecule has 1 aromatic carbocycles. The van der Waals surface area contributed by atoms with Crippen LogP contribution in [-0.4, -0.2) is 48.6 Å². The van der Waals surface area contributed by atoms with Crippen molar-refractivity contribution < 1.29 is 9.79 Å². The fraction of sp³-hybridized carbons (Fsp3) is 0.389. The van der Waals surface area contributed by atoms with Crippen LogP contribution >= 0.6 is 8.38 Å². The van der Waals surface area contributed by atoms with Gasteiger partial charge in [-0.05, 0) is 43.4 Å². The number of hydrogen-bond acceptors (Lipinski definition) is 6. The molecule has 0 amide bonds. The molecule has 0 bridgehead atoms. The highest BCUT2D eigenvalue weighted by Gasteiger charge is 2.22. The van der Waals surface area contributed by atoms with E-state index in [2.05, 4.69) is 38.1 Å². The quantitative estimate of drug-likeness (QED) is 0.671. The Labute approximate surface area is 153 Å². The second-order valence-corrected chi connectivity index (χ2v) is 7.88. The fourth-order valence-corrected chi connectivity index (χ4v) is 4.18. The molecule has 0 aliphatic carbocycles. The van der Waals surface area contributed by atoms with Crippen LogP contribution in [0.5, 0.6) is 0 Å². The summed E-state index contributed by atoms with van der Waals surface area (Å²) in [5, 5.41) is 1.06. The van der Waals surface area contributed by atoms with E-state index in [1.54, 1.807) is 18.9 Å². The summed E-state index contributed by atoms with van der Waals surface area (Å²) in [5.41, 5.74) is 1.96. The first-order valence-corrected chi connectivity index (χ1v) is 10.3. The minimum atomic E-state index is -1.76. The Kier molecular flexibility index (Phi) is 5.11. The third kappa shape index (κ3) is 3.70. The van der Waals surface area contributed by atoms with Crippen molar-refractivity contribution in [2.45, 2.75) is 19.3 Å². The SMILES string of the molecule is OP(O)CCC1CCN(c2ncnc3cc(-n4ccnc4)ccc23)CC1.